The van der Waals surface area contributed by atoms with Crippen LogP contribution < -0.4 is 15.6 Å². The maximum Gasteiger partial charge on any atom is 0.119 e. The maximum atomic E-state index is 9.54. The van der Waals surface area contributed by atoms with Crippen molar-refractivity contribution in [3.63, 3.8) is 0 Å². The van der Waals surface area contributed by atoms with Crippen LogP contribution in [0.4, 0.5) is 0 Å². The lowest BCUT2D eigenvalue weighted by Gasteiger charge is -2.19. The molecule has 0 saturated carbocycles. The molecule has 3 unspecified atom stereocenters. The molecule has 1 aliphatic heterocycles. The highest BCUT2D eigenvalue weighted by molar-refractivity contribution is 5.30. The Labute approximate surface area is 137 Å². The number of hydrazine groups is 1. The summed E-state index contributed by atoms with van der Waals surface area (Å²) in [5, 5.41) is 9.54. The molecule has 3 N–H and O–H groups in total. The van der Waals surface area contributed by atoms with Gasteiger partial charge in [0.15, 0.2) is 0 Å². The first-order chi connectivity index (χ1) is 11.3. The second-order valence-corrected chi connectivity index (χ2v) is 6.05. The number of benzene rings is 2. The first-order valence-electron chi connectivity index (χ1n) is 8.16. The monoisotopic (exact) mass is 312 g/mol. The average molecular weight is 312 g/mol. The minimum atomic E-state index is 0.133. The summed E-state index contributed by atoms with van der Waals surface area (Å²) in [6.45, 7) is 2.92. The summed E-state index contributed by atoms with van der Waals surface area (Å²) in [7, 11) is 0. The van der Waals surface area contributed by atoms with Crippen molar-refractivity contribution in [3.05, 3.63) is 65.7 Å². The summed E-state index contributed by atoms with van der Waals surface area (Å²) < 4.78 is 5.82. The zero-order valence-corrected chi connectivity index (χ0v) is 13.4. The lowest BCUT2D eigenvalue weighted by molar-refractivity contribution is 0.204. The van der Waals surface area contributed by atoms with Crippen molar-refractivity contribution in [1.29, 1.82) is 0 Å². The third-order valence-corrected chi connectivity index (χ3v) is 4.49. The van der Waals surface area contributed by atoms with Crippen molar-refractivity contribution in [1.82, 2.24) is 10.9 Å². The smallest absolute Gasteiger partial charge is 0.119 e. The molecule has 2 aromatic carbocycles. The zero-order chi connectivity index (χ0) is 16.1. The predicted octanol–water partition coefficient (Wildman–Crippen LogP) is 2.45. The molecular weight excluding hydrogens is 288 g/mol. The Morgan fingerprint density at radius 3 is 2.43 bits per heavy atom. The van der Waals surface area contributed by atoms with Gasteiger partial charge in [0.1, 0.15) is 5.75 Å². The molecule has 0 amide bonds. The molecule has 0 aromatic heterocycles. The standard InChI is InChI=1S/C19H24N2O2/c1-14-18(13-22)19(21-20-14)16-7-9-17(10-8-16)23-12-11-15-5-3-2-4-6-15/h2-10,14,18-22H,11-13H2,1H3. The van der Waals surface area contributed by atoms with Crippen LogP contribution in [0.1, 0.15) is 24.1 Å². The molecule has 4 heteroatoms. The van der Waals surface area contributed by atoms with Crippen molar-refractivity contribution >= 4 is 0 Å². The number of nitrogens with one attached hydrogen (secondary N) is 2. The van der Waals surface area contributed by atoms with E-state index >= 15 is 0 Å². The van der Waals surface area contributed by atoms with E-state index in [4.69, 9.17) is 4.74 Å². The highest BCUT2D eigenvalue weighted by Gasteiger charge is 2.33. The summed E-state index contributed by atoms with van der Waals surface area (Å²) in [5.41, 5.74) is 8.90. The van der Waals surface area contributed by atoms with E-state index in [1.54, 1.807) is 0 Å². The summed E-state index contributed by atoms with van der Waals surface area (Å²) in [4.78, 5) is 0. The molecule has 4 nitrogen and oxygen atoms in total. The molecule has 3 atom stereocenters. The lowest BCUT2D eigenvalue weighted by Crippen LogP contribution is -2.29. The van der Waals surface area contributed by atoms with Gasteiger partial charge in [-0.05, 0) is 30.2 Å². The quantitative estimate of drug-likeness (QED) is 0.767. The van der Waals surface area contributed by atoms with Gasteiger partial charge < -0.3 is 9.84 Å². The van der Waals surface area contributed by atoms with E-state index in [-0.39, 0.29) is 24.6 Å². The van der Waals surface area contributed by atoms with Gasteiger partial charge in [0.25, 0.3) is 0 Å². The van der Waals surface area contributed by atoms with Gasteiger partial charge in [-0.2, -0.15) is 0 Å². The number of aliphatic hydroxyl groups excluding tert-OH is 1. The molecule has 1 saturated heterocycles. The Morgan fingerprint density at radius 2 is 1.74 bits per heavy atom. The van der Waals surface area contributed by atoms with Crippen LogP contribution in [-0.4, -0.2) is 24.4 Å². The summed E-state index contributed by atoms with van der Waals surface area (Å²) >= 11 is 0. The Morgan fingerprint density at radius 1 is 1.00 bits per heavy atom. The highest BCUT2D eigenvalue weighted by Crippen LogP contribution is 2.29. The van der Waals surface area contributed by atoms with Crippen LogP contribution in [0.25, 0.3) is 0 Å². The lowest BCUT2D eigenvalue weighted by atomic mass is 9.91. The number of rotatable bonds is 6. The van der Waals surface area contributed by atoms with Gasteiger partial charge in [0.05, 0.1) is 12.6 Å². The molecule has 0 radical (unpaired) electrons. The topological polar surface area (TPSA) is 53.5 Å². The van der Waals surface area contributed by atoms with Crippen LogP contribution in [0, 0.1) is 5.92 Å². The van der Waals surface area contributed by atoms with Crippen LogP contribution in [0.15, 0.2) is 54.6 Å². The zero-order valence-electron chi connectivity index (χ0n) is 13.4. The Hall–Kier alpha value is -1.88. The molecular formula is C19H24N2O2. The largest absolute Gasteiger partial charge is 0.493 e. The normalized spacial score (nSPS) is 23.8. The molecule has 1 aliphatic rings. The van der Waals surface area contributed by atoms with E-state index in [2.05, 4.69) is 42.0 Å². The second-order valence-electron chi connectivity index (χ2n) is 6.05. The van der Waals surface area contributed by atoms with Crippen molar-refractivity contribution < 1.29 is 9.84 Å². The summed E-state index contributed by atoms with van der Waals surface area (Å²) in [5.74, 6) is 1.06. The fourth-order valence-corrected chi connectivity index (χ4v) is 3.02. The van der Waals surface area contributed by atoms with E-state index in [9.17, 15) is 5.11 Å². The number of hydrogen-bond acceptors (Lipinski definition) is 4. The Bertz CT molecular complexity index is 601. The van der Waals surface area contributed by atoms with Crippen LogP contribution in [0.2, 0.25) is 0 Å². The van der Waals surface area contributed by atoms with Gasteiger partial charge in [-0.3, -0.25) is 5.43 Å². The van der Waals surface area contributed by atoms with Gasteiger partial charge in [-0.1, -0.05) is 42.5 Å². The fraction of sp³-hybridized carbons (Fsp3) is 0.368. The third kappa shape index (κ3) is 3.91. The highest BCUT2D eigenvalue weighted by atomic mass is 16.5. The van der Waals surface area contributed by atoms with Crippen molar-refractivity contribution in [2.24, 2.45) is 5.92 Å². The number of aliphatic hydroxyl groups is 1. The summed E-state index contributed by atoms with van der Waals surface area (Å²) in [6, 6.07) is 18.9. The SMILES string of the molecule is CC1NNC(c2ccc(OCCc3ccccc3)cc2)C1CO. The molecule has 0 aliphatic carbocycles. The first kappa shape index (κ1) is 16.0. The number of hydrogen-bond donors (Lipinski definition) is 3. The van der Waals surface area contributed by atoms with E-state index in [1.165, 1.54) is 5.56 Å². The first-order valence-corrected chi connectivity index (χ1v) is 8.16. The number of ether oxygens (including phenoxy) is 1. The predicted molar refractivity (Wildman–Crippen MR) is 91.1 cm³/mol. The van der Waals surface area contributed by atoms with Gasteiger partial charge in [0.2, 0.25) is 0 Å². The van der Waals surface area contributed by atoms with Gasteiger partial charge in [-0.15, -0.1) is 0 Å². The summed E-state index contributed by atoms with van der Waals surface area (Å²) in [6.07, 6.45) is 0.904. The minimum Gasteiger partial charge on any atom is -0.493 e. The van der Waals surface area contributed by atoms with E-state index in [1.807, 2.05) is 30.3 Å². The van der Waals surface area contributed by atoms with Crippen LogP contribution in [0.5, 0.6) is 5.75 Å². The molecule has 0 spiro atoms. The molecule has 1 fully saturated rings. The van der Waals surface area contributed by atoms with Crippen LogP contribution >= 0.6 is 0 Å². The van der Waals surface area contributed by atoms with E-state index < -0.39 is 0 Å². The molecule has 23 heavy (non-hydrogen) atoms. The molecule has 1 heterocycles. The molecule has 0 bridgehead atoms. The van der Waals surface area contributed by atoms with Crippen LogP contribution in [0.3, 0.4) is 0 Å². The van der Waals surface area contributed by atoms with E-state index in [0.717, 1.165) is 17.7 Å². The third-order valence-electron chi connectivity index (χ3n) is 4.49. The second kappa shape index (κ2) is 7.59. The van der Waals surface area contributed by atoms with Crippen molar-refractivity contribution in [2.45, 2.75) is 25.4 Å². The molecule has 2 aromatic rings. The van der Waals surface area contributed by atoms with E-state index in [0.29, 0.717) is 6.61 Å². The van der Waals surface area contributed by atoms with Gasteiger partial charge >= 0.3 is 0 Å². The Balaban J connectivity index is 1.55. The molecule has 3 rings (SSSR count). The van der Waals surface area contributed by atoms with Crippen LogP contribution in [-0.2, 0) is 6.42 Å². The molecule has 122 valence electrons. The minimum absolute atomic E-state index is 0.133. The van der Waals surface area contributed by atoms with Gasteiger partial charge in [0, 0.05) is 25.0 Å². The Kier molecular flexibility index (Phi) is 5.28. The van der Waals surface area contributed by atoms with Crippen molar-refractivity contribution in [3.8, 4) is 5.75 Å². The maximum absolute atomic E-state index is 9.54. The van der Waals surface area contributed by atoms with Gasteiger partial charge in [-0.25, -0.2) is 5.43 Å². The van der Waals surface area contributed by atoms with Crippen molar-refractivity contribution in [2.75, 3.05) is 13.2 Å². The fourth-order valence-electron chi connectivity index (χ4n) is 3.02. The average Bonchev–Trinajstić information content (AvgIpc) is 2.97.